The highest BCUT2D eigenvalue weighted by Crippen LogP contribution is 2.53. The summed E-state index contributed by atoms with van der Waals surface area (Å²) in [7, 11) is 0. The van der Waals surface area contributed by atoms with E-state index >= 15 is 0 Å². The lowest BCUT2D eigenvalue weighted by Gasteiger charge is -2.58. The van der Waals surface area contributed by atoms with Crippen LogP contribution in [0.3, 0.4) is 0 Å². The third-order valence-electron chi connectivity index (χ3n) is 5.13. The van der Waals surface area contributed by atoms with Crippen molar-refractivity contribution in [1.82, 2.24) is 10.6 Å². The molecule has 4 nitrogen and oxygen atoms in total. The molecule has 2 rings (SSSR count). The molecule has 4 heteroatoms. The van der Waals surface area contributed by atoms with Crippen LogP contribution in [-0.2, 0) is 9.53 Å². The lowest BCUT2D eigenvalue weighted by atomic mass is 9.55. The van der Waals surface area contributed by atoms with Gasteiger partial charge in [-0.3, -0.25) is 4.79 Å². The zero-order valence-electron chi connectivity index (χ0n) is 13.2. The van der Waals surface area contributed by atoms with Gasteiger partial charge in [-0.15, -0.1) is 0 Å². The van der Waals surface area contributed by atoms with Crippen molar-refractivity contribution < 1.29 is 9.53 Å². The van der Waals surface area contributed by atoms with Gasteiger partial charge in [-0.2, -0.15) is 0 Å². The number of rotatable bonds is 6. The maximum Gasteiger partial charge on any atom is 0.236 e. The first-order valence-electron chi connectivity index (χ1n) is 8.29. The van der Waals surface area contributed by atoms with E-state index in [0.29, 0.717) is 18.7 Å². The van der Waals surface area contributed by atoms with Crippen molar-refractivity contribution >= 4 is 5.91 Å². The van der Waals surface area contributed by atoms with Gasteiger partial charge in [0.05, 0.1) is 12.1 Å². The minimum Gasteiger partial charge on any atom is -0.378 e. The molecular weight excluding hydrogens is 252 g/mol. The van der Waals surface area contributed by atoms with Crippen molar-refractivity contribution in [3.63, 3.8) is 0 Å². The zero-order chi connectivity index (χ0) is 14.6. The standard InChI is InChI=1S/C16H30N2O2/c1-4-17-15(19)12(3)18-13-11-14(20-5-2)16(13)9-7-6-8-10-16/h12-14,18H,4-11H2,1-3H3,(H,17,19). The van der Waals surface area contributed by atoms with E-state index in [2.05, 4.69) is 17.6 Å². The predicted molar refractivity (Wildman–Crippen MR) is 80.6 cm³/mol. The molecule has 0 bridgehead atoms. The summed E-state index contributed by atoms with van der Waals surface area (Å²) in [5.74, 6) is 0.110. The molecule has 1 amide bonds. The molecule has 116 valence electrons. The second kappa shape index (κ2) is 6.90. The molecule has 20 heavy (non-hydrogen) atoms. The van der Waals surface area contributed by atoms with Gasteiger partial charge in [0, 0.05) is 24.6 Å². The van der Waals surface area contributed by atoms with Gasteiger partial charge in [0.1, 0.15) is 0 Å². The monoisotopic (exact) mass is 282 g/mol. The summed E-state index contributed by atoms with van der Waals surface area (Å²) >= 11 is 0. The molecule has 2 N–H and O–H groups in total. The quantitative estimate of drug-likeness (QED) is 0.785. The zero-order valence-corrected chi connectivity index (χ0v) is 13.2. The van der Waals surface area contributed by atoms with E-state index in [-0.39, 0.29) is 17.4 Å². The van der Waals surface area contributed by atoms with E-state index < -0.39 is 0 Å². The Bertz CT molecular complexity index is 326. The van der Waals surface area contributed by atoms with Crippen LogP contribution in [0.15, 0.2) is 0 Å². The van der Waals surface area contributed by atoms with E-state index in [1.165, 1.54) is 32.1 Å². The number of amides is 1. The van der Waals surface area contributed by atoms with E-state index in [1.54, 1.807) is 0 Å². The Kier molecular flexibility index (Phi) is 5.44. The maximum atomic E-state index is 11.9. The minimum atomic E-state index is -0.110. The van der Waals surface area contributed by atoms with Crippen LogP contribution in [0, 0.1) is 5.41 Å². The van der Waals surface area contributed by atoms with Crippen LogP contribution in [0.5, 0.6) is 0 Å². The van der Waals surface area contributed by atoms with E-state index in [4.69, 9.17) is 4.74 Å². The highest BCUT2D eigenvalue weighted by Gasteiger charge is 2.55. The maximum absolute atomic E-state index is 11.9. The van der Waals surface area contributed by atoms with Crippen molar-refractivity contribution in [2.24, 2.45) is 5.41 Å². The Morgan fingerprint density at radius 3 is 2.60 bits per heavy atom. The molecule has 0 radical (unpaired) electrons. The van der Waals surface area contributed by atoms with Crippen LogP contribution in [0.2, 0.25) is 0 Å². The third kappa shape index (κ3) is 3.01. The second-order valence-electron chi connectivity index (χ2n) is 6.31. The van der Waals surface area contributed by atoms with Crippen molar-refractivity contribution in [3.05, 3.63) is 0 Å². The number of ether oxygens (including phenoxy) is 1. The highest BCUT2D eigenvalue weighted by molar-refractivity contribution is 5.81. The molecule has 0 saturated heterocycles. The normalized spacial score (nSPS) is 29.8. The molecule has 0 aromatic heterocycles. The van der Waals surface area contributed by atoms with Crippen LogP contribution in [0.1, 0.15) is 59.3 Å². The van der Waals surface area contributed by atoms with Crippen molar-refractivity contribution in [2.75, 3.05) is 13.2 Å². The average Bonchev–Trinajstić information content (AvgIpc) is 2.47. The van der Waals surface area contributed by atoms with E-state index in [1.807, 2.05) is 13.8 Å². The van der Waals surface area contributed by atoms with Gasteiger partial charge in [0.25, 0.3) is 0 Å². The molecule has 0 heterocycles. The molecule has 2 aliphatic rings. The van der Waals surface area contributed by atoms with Crippen LogP contribution >= 0.6 is 0 Å². The molecule has 3 unspecified atom stereocenters. The Hall–Kier alpha value is -0.610. The van der Waals surface area contributed by atoms with E-state index in [9.17, 15) is 4.79 Å². The van der Waals surface area contributed by atoms with Gasteiger partial charge in [0.2, 0.25) is 5.91 Å². The summed E-state index contributed by atoms with van der Waals surface area (Å²) in [5, 5.41) is 6.45. The first kappa shape index (κ1) is 15.8. The first-order chi connectivity index (χ1) is 9.64. The number of likely N-dealkylation sites (N-methyl/N-ethyl adjacent to an activating group) is 1. The van der Waals surface area contributed by atoms with Crippen LogP contribution in [0.25, 0.3) is 0 Å². The van der Waals surface area contributed by atoms with Gasteiger partial charge < -0.3 is 15.4 Å². The Balaban J connectivity index is 1.95. The number of carbonyl (C=O) groups is 1. The summed E-state index contributed by atoms with van der Waals surface area (Å²) in [4.78, 5) is 11.9. The van der Waals surface area contributed by atoms with E-state index in [0.717, 1.165) is 13.0 Å². The van der Waals surface area contributed by atoms with Crippen LogP contribution in [0.4, 0.5) is 0 Å². The van der Waals surface area contributed by atoms with Gasteiger partial charge in [-0.05, 0) is 40.0 Å². The third-order valence-corrected chi connectivity index (χ3v) is 5.13. The Morgan fingerprint density at radius 1 is 1.30 bits per heavy atom. The number of hydrogen-bond acceptors (Lipinski definition) is 3. The Labute approximate surface area is 123 Å². The Morgan fingerprint density at radius 2 is 2.00 bits per heavy atom. The summed E-state index contributed by atoms with van der Waals surface area (Å²) in [6.07, 6.45) is 7.90. The SMILES string of the molecule is CCNC(=O)C(C)NC1CC(OCC)C12CCCCC2. The van der Waals surface area contributed by atoms with Gasteiger partial charge in [-0.25, -0.2) is 0 Å². The van der Waals surface area contributed by atoms with Crippen molar-refractivity contribution in [1.29, 1.82) is 0 Å². The van der Waals surface area contributed by atoms with Crippen molar-refractivity contribution in [2.45, 2.75) is 77.5 Å². The molecule has 0 aromatic rings. The summed E-state index contributed by atoms with van der Waals surface area (Å²) in [5.41, 5.74) is 0.287. The first-order valence-corrected chi connectivity index (χ1v) is 8.29. The average molecular weight is 282 g/mol. The molecular formula is C16H30N2O2. The minimum absolute atomic E-state index is 0.110. The van der Waals surface area contributed by atoms with Gasteiger partial charge in [0.15, 0.2) is 0 Å². The van der Waals surface area contributed by atoms with Crippen molar-refractivity contribution in [3.8, 4) is 0 Å². The molecule has 1 spiro atoms. The fourth-order valence-electron chi connectivity index (χ4n) is 4.00. The fraction of sp³-hybridized carbons (Fsp3) is 0.938. The summed E-state index contributed by atoms with van der Waals surface area (Å²) in [6, 6.07) is 0.332. The molecule has 3 atom stereocenters. The molecule has 2 fully saturated rings. The molecule has 0 aliphatic heterocycles. The number of carbonyl (C=O) groups excluding carboxylic acids is 1. The highest BCUT2D eigenvalue weighted by atomic mass is 16.5. The molecule has 0 aromatic carbocycles. The predicted octanol–water partition coefficient (Wildman–Crippen LogP) is 2.23. The number of hydrogen-bond donors (Lipinski definition) is 2. The topological polar surface area (TPSA) is 50.4 Å². The van der Waals surface area contributed by atoms with Gasteiger partial charge >= 0.3 is 0 Å². The second-order valence-corrected chi connectivity index (χ2v) is 6.31. The van der Waals surface area contributed by atoms with Gasteiger partial charge in [-0.1, -0.05) is 19.3 Å². The number of nitrogens with one attached hydrogen (secondary N) is 2. The smallest absolute Gasteiger partial charge is 0.236 e. The molecule has 2 saturated carbocycles. The lowest BCUT2D eigenvalue weighted by Crippen LogP contribution is -2.66. The largest absolute Gasteiger partial charge is 0.378 e. The molecule has 2 aliphatic carbocycles. The fourth-order valence-corrected chi connectivity index (χ4v) is 4.00. The van der Waals surface area contributed by atoms with Crippen LogP contribution in [-0.4, -0.2) is 37.2 Å². The summed E-state index contributed by atoms with van der Waals surface area (Å²) < 4.78 is 5.95. The van der Waals surface area contributed by atoms with Crippen LogP contribution < -0.4 is 10.6 Å². The summed E-state index contributed by atoms with van der Waals surface area (Å²) in [6.45, 7) is 7.50. The lowest BCUT2D eigenvalue weighted by molar-refractivity contribution is -0.154.